The average molecular weight is 456 g/mol. The molecule has 166 valence electrons. The molecular formula is C23H22ClN3O5. The lowest BCUT2D eigenvalue weighted by Crippen LogP contribution is -2.57. The normalized spacial score (nSPS) is 23.5. The molecule has 3 aliphatic heterocycles. The smallest absolute Gasteiger partial charge is 0.267 e. The maximum absolute atomic E-state index is 13.0. The summed E-state index contributed by atoms with van der Waals surface area (Å²) in [6.07, 6.45) is -0.558. The Morgan fingerprint density at radius 3 is 2.34 bits per heavy atom. The Morgan fingerprint density at radius 2 is 1.62 bits per heavy atom. The van der Waals surface area contributed by atoms with Crippen molar-refractivity contribution in [1.82, 2.24) is 9.80 Å². The lowest BCUT2D eigenvalue weighted by atomic mass is 10.1. The van der Waals surface area contributed by atoms with Crippen molar-refractivity contribution in [3.63, 3.8) is 0 Å². The van der Waals surface area contributed by atoms with Crippen LogP contribution in [-0.2, 0) is 14.4 Å². The van der Waals surface area contributed by atoms with Crippen LogP contribution in [0.3, 0.4) is 0 Å². The zero-order valence-electron chi connectivity index (χ0n) is 17.3. The van der Waals surface area contributed by atoms with Gasteiger partial charge in [0.25, 0.3) is 11.8 Å². The maximum atomic E-state index is 13.0. The molecule has 3 amide bonds. The van der Waals surface area contributed by atoms with E-state index in [1.165, 1.54) is 4.90 Å². The zero-order valence-corrected chi connectivity index (χ0v) is 18.0. The van der Waals surface area contributed by atoms with Crippen LogP contribution in [0.2, 0.25) is 5.02 Å². The second kappa shape index (κ2) is 8.44. The van der Waals surface area contributed by atoms with Crippen molar-refractivity contribution in [2.24, 2.45) is 0 Å². The third-order valence-electron chi connectivity index (χ3n) is 6.06. The number of rotatable bonds is 3. The van der Waals surface area contributed by atoms with Crippen LogP contribution in [0.4, 0.5) is 5.69 Å². The Hall–Kier alpha value is -3.10. The van der Waals surface area contributed by atoms with E-state index in [9.17, 15) is 14.4 Å². The van der Waals surface area contributed by atoms with E-state index >= 15 is 0 Å². The topological polar surface area (TPSA) is 79.4 Å². The maximum Gasteiger partial charge on any atom is 0.267 e. The van der Waals surface area contributed by atoms with Gasteiger partial charge < -0.3 is 14.4 Å². The van der Waals surface area contributed by atoms with Crippen molar-refractivity contribution >= 4 is 35.0 Å². The van der Waals surface area contributed by atoms with Gasteiger partial charge in [-0.15, -0.1) is 0 Å². The SMILES string of the molecule is O=C([C@@H]1COc2ccccc2O1)N1CCN([C@H]2CC(=O)N(c3ccc(Cl)cc3)C2=O)CC1. The molecule has 3 aliphatic rings. The summed E-state index contributed by atoms with van der Waals surface area (Å²) in [4.78, 5) is 43.4. The molecule has 0 saturated carbocycles. The number of benzene rings is 2. The van der Waals surface area contributed by atoms with Crippen LogP contribution in [0.15, 0.2) is 48.5 Å². The van der Waals surface area contributed by atoms with Gasteiger partial charge >= 0.3 is 0 Å². The highest BCUT2D eigenvalue weighted by atomic mass is 35.5. The highest BCUT2D eigenvalue weighted by Gasteiger charge is 2.44. The summed E-state index contributed by atoms with van der Waals surface area (Å²) in [5.74, 6) is 0.602. The van der Waals surface area contributed by atoms with E-state index in [1.54, 1.807) is 35.2 Å². The van der Waals surface area contributed by atoms with Crippen molar-refractivity contribution in [2.45, 2.75) is 18.6 Å². The Kier molecular flexibility index (Phi) is 5.48. The Morgan fingerprint density at radius 1 is 0.938 bits per heavy atom. The predicted octanol–water partition coefficient (Wildman–Crippen LogP) is 1.96. The molecule has 0 aromatic heterocycles. The van der Waals surface area contributed by atoms with Gasteiger partial charge in [-0.1, -0.05) is 23.7 Å². The van der Waals surface area contributed by atoms with E-state index in [0.717, 1.165) is 0 Å². The molecule has 9 heteroatoms. The van der Waals surface area contributed by atoms with Crippen molar-refractivity contribution in [3.8, 4) is 11.5 Å². The van der Waals surface area contributed by atoms with E-state index in [0.29, 0.717) is 48.4 Å². The fraction of sp³-hybridized carbons (Fsp3) is 0.348. The molecule has 0 unspecified atom stereocenters. The Balaban J connectivity index is 1.20. The summed E-state index contributed by atoms with van der Waals surface area (Å²) in [5.41, 5.74) is 0.524. The molecule has 2 atom stereocenters. The molecule has 0 N–H and O–H groups in total. The highest BCUT2D eigenvalue weighted by molar-refractivity contribution is 6.30. The van der Waals surface area contributed by atoms with Crippen LogP contribution in [-0.4, -0.2) is 72.5 Å². The van der Waals surface area contributed by atoms with Gasteiger partial charge in [0.2, 0.25) is 12.0 Å². The van der Waals surface area contributed by atoms with Gasteiger partial charge in [0, 0.05) is 31.2 Å². The molecule has 5 rings (SSSR count). The molecule has 8 nitrogen and oxygen atoms in total. The van der Waals surface area contributed by atoms with E-state index in [1.807, 2.05) is 23.1 Å². The number of nitrogens with zero attached hydrogens (tertiary/aromatic N) is 3. The van der Waals surface area contributed by atoms with E-state index in [-0.39, 0.29) is 30.7 Å². The van der Waals surface area contributed by atoms with Gasteiger partial charge in [0.05, 0.1) is 18.2 Å². The minimum absolute atomic E-state index is 0.129. The molecule has 0 bridgehead atoms. The first-order chi connectivity index (χ1) is 15.5. The molecule has 0 aliphatic carbocycles. The average Bonchev–Trinajstić information content (AvgIpc) is 3.12. The largest absolute Gasteiger partial charge is 0.485 e. The lowest BCUT2D eigenvalue weighted by Gasteiger charge is -2.38. The van der Waals surface area contributed by atoms with Crippen molar-refractivity contribution in [2.75, 3.05) is 37.7 Å². The van der Waals surface area contributed by atoms with Crippen molar-refractivity contribution in [3.05, 3.63) is 53.6 Å². The summed E-state index contributed by atoms with van der Waals surface area (Å²) < 4.78 is 11.5. The molecule has 32 heavy (non-hydrogen) atoms. The standard InChI is InChI=1S/C23H22ClN3O5/c24-15-5-7-16(8-6-15)27-21(28)13-17(22(27)29)25-9-11-26(12-10-25)23(30)20-14-31-18-3-1-2-4-19(18)32-20/h1-8,17,20H,9-14H2/t17-,20-/m0/s1. The van der Waals surface area contributed by atoms with Gasteiger partial charge in [-0.05, 0) is 36.4 Å². The second-order valence-electron chi connectivity index (χ2n) is 7.99. The lowest BCUT2D eigenvalue weighted by molar-refractivity contribution is -0.143. The van der Waals surface area contributed by atoms with Gasteiger partial charge in [-0.3, -0.25) is 19.3 Å². The van der Waals surface area contributed by atoms with Crippen molar-refractivity contribution < 1.29 is 23.9 Å². The number of piperazine rings is 1. The van der Waals surface area contributed by atoms with Crippen LogP contribution >= 0.6 is 11.6 Å². The van der Waals surface area contributed by atoms with Crippen LogP contribution in [0, 0.1) is 0 Å². The molecule has 2 fully saturated rings. The number of carbonyl (C=O) groups is 3. The van der Waals surface area contributed by atoms with Crippen LogP contribution in [0.1, 0.15) is 6.42 Å². The number of hydrogen-bond donors (Lipinski definition) is 0. The number of amides is 3. The first-order valence-corrected chi connectivity index (χ1v) is 10.9. The van der Waals surface area contributed by atoms with E-state index in [2.05, 4.69) is 0 Å². The Labute approximate surface area is 190 Å². The zero-order chi connectivity index (χ0) is 22.2. The third-order valence-corrected chi connectivity index (χ3v) is 6.31. The quantitative estimate of drug-likeness (QED) is 0.658. The first kappa shape index (κ1) is 20.8. The number of ether oxygens (including phenoxy) is 2. The van der Waals surface area contributed by atoms with E-state index in [4.69, 9.17) is 21.1 Å². The number of hydrogen-bond acceptors (Lipinski definition) is 6. The van der Waals surface area contributed by atoms with Crippen LogP contribution < -0.4 is 14.4 Å². The predicted molar refractivity (Wildman–Crippen MR) is 117 cm³/mol. The summed E-state index contributed by atoms with van der Waals surface area (Å²) in [5, 5.41) is 0.543. The molecule has 0 radical (unpaired) electrons. The van der Waals surface area contributed by atoms with Gasteiger partial charge in [-0.25, -0.2) is 4.90 Å². The number of para-hydroxylation sites is 2. The summed E-state index contributed by atoms with van der Waals surface area (Å²) in [6.45, 7) is 2.10. The van der Waals surface area contributed by atoms with E-state index < -0.39 is 12.1 Å². The monoisotopic (exact) mass is 455 g/mol. The van der Waals surface area contributed by atoms with Crippen LogP contribution in [0.5, 0.6) is 11.5 Å². The van der Waals surface area contributed by atoms with Crippen LogP contribution in [0.25, 0.3) is 0 Å². The summed E-state index contributed by atoms with van der Waals surface area (Å²) >= 11 is 5.92. The Bertz CT molecular complexity index is 1050. The molecule has 2 aromatic carbocycles. The molecule has 2 aromatic rings. The number of carbonyl (C=O) groups excluding carboxylic acids is 3. The minimum Gasteiger partial charge on any atom is -0.485 e. The first-order valence-electron chi connectivity index (χ1n) is 10.5. The number of fused-ring (bicyclic) bond motifs is 1. The highest BCUT2D eigenvalue weighted by Crippen LogP contribution is 2.32. The molecule has 2 saturated heterocycles. The molecule has 3 heterocycles. The van der Waals surface area contributed by atoms with Crippen molar-refractivity contribution in [1.29, 1.82) is 0 Å². The number of halogens is 1. The molecule has 0 spiro atoms. The third kappa shape index (κ3) is 3.80. The molecular weight excluding hydrogens is 434 g/mol. The number of anilines is 1. The summed E-state index contributed by atoms with van der Waals surface area (Å²) in [6, 6.07) is 13.4. The van der Waals surface area contributed by atoms with Gasteiger partial charge in [-0.2, -0.15) is 0 Å². The fourth-order valence-electron chi connectivity index (χ4n) is 4.36. The van der Waals surface area contributed by atoms with Gasteiger partial charge in [0.1, 0.15) is 6.61 Å². The number of imide groups is 1. The fourth-order valence-corrected chi connectivity index (χ4v) is 4.49. The summed E-state index contributed by atoms with van der Waals surface area (Å²) in [7, 11) is 0. The van der Waals surface area contributed by atoms with Gasteiger partial charge in [0.15, 0.2) is 11.5 Å². The second-order valence-corrected chi connectivity index (χ2v) is 8.43. The minimum atomic E-state index is -0.688.